The van der Waals surface area contributed by atoms with Crippen molar-refractivity contribution in [3.63, 3.8) is 0 Å². The van der Waals surface area contributed by atoms with Crippen LogP contribution in [0.15, 0.2) is 30.7 Å². The molecule has 0 spiro atoms. The summed E-state index contributed by atoms with van der Waals surface area (Å²) in [5.41, 5.74) is 0.943. The Morgan fingerprint density at radius 3 is 2.72 bits per heavy atom. The summed E-state index contributed by atoms with van der Waals surface area (Å²) in [6.45, 7) is 1.34. The molecule has 18 heavy (non-hydrogen) atoms. The SMILES string of the molecule is CB(O)Cc1ccc(Oc2cc(Cl)ncn2)nc1. The van der Waals surface area contributed by atoms with Gasteiger partial charge in [-0.2, -0.15) is 0 Å². The Morgan fingerprint density at radius 1 is 1.28 bits per heavy atom. The van der Waals surface area contributed by atoms with Gasteiger partial charge in [-0.15, -0.1) is 0 Å². The lowest BCUT2D eigenvalue weighted by Crippen LogP contribution is -2.10. The lowest BCUT2D eigenvalue weighted by atomic mass is 9.66. The summed E-state index contributed by atoms with van der Waals surface area (Å²) >= 11 is 5.71. The number of rotatable bonds is 4. The zero-order valence-corrected chi connectivity index (χ0v) is 10.5. The van der Waals surface area contributed by atoms with Crippen molar-refractivity contribution >= 4 is 18.5 Å². The van der Waals surface area contributed by atoms with E-state index in [0.717, 1.165) is 5.56 Å². The lowest BCUT2D eigenvalue weighted by Gasteiger charge is -2.05. The van der Waals surface area contributed by atoms with Crippen LogP contribution in [0.1, 0.15) is 5.56 Å². The lowest BCUT2D eigenvalue weighted by molar-refractivity contribution is 0.443. The molecule has 0 bridgehead atoms. The third-order valence-corrected chi connectivity index (χ3v) is 2.35. The van der Waals surface area contributed by atoms with Crippen LogP contribution in [0.25, 0.3) is 0 Å². The molecule has 0 radical (unpaired) electrons. The number of hydrogen-bond donors (Lipinski definition) is 1. The Morgan fingerprint density at radius 2 is 2.11 bits per heavy atom. The standard InChI is InChI=1S/C11H11BClN3O2/c1-12(17)5-8-2-3-10(14-6-8)18-11-4-9(13)15-7-16-11/h2-4,6-7,17H,5H2,1H3. The fourth-order valence-electron chi connectivity index (χ4n) is 1.41. The molecule has 0 aliphatic carbocycles. The van der Waals surface area contributed by atoms with Crippen LogP contribution in [0, 0.1) is 0 Å². The first-order valence-corrected chi connectivity index (χ1v) is 5.79. The van der Waals surface area contributed by atoms with Crippen molar-refractivity contribution < 1.29 is 9.76 Å². The Balaban J connectivity index is 2.06. The van der Waals surface area contributed by atoms with E-state index in [9.17, 15) is 5.02 Å². The normalized spacial score (nSPS) is 10.2. The Bertz CT molecular complexity index is 522. The summed E-state index contributed by atoms with van der Waals surface area (Å²) in [5, 5.41) is 9.56. The molecule has 0 atom stereocenters. The van der Waals surface area contributed by atoms with Crippen LogP contribution >= 0.6 is 11.6 Å². The first-order chi connectivity index (χ1) is 8.63. The molecular formula is C11H11BClN3O2. The number of halogens is 1. The van der Waals surface area contributed by atoms with Crippen LogP contribution in [0.2, 0.25) is 12.0 Å². The molecule has 2 rings (SSSR count). The summed E-state index contributed by atoms with van der Waals surface area (Å²) in [6.07, 6.45) is 3.54. The van der Waals surface area contributed by atoms with Crippen molar-refractivity contribution in [1.82, 2.24) is 15.0 Å². The molecule has 92 valence electrons. The molecule has 0 aliphatic heterocycles. The maximum atomic E-state index is 9.25. The van der Waals surface area contributed by atoms with E-state index < -0.39 is 0 Å². The zero-order valence-electron chi connectivity index (χ0n) is 9.75. The summed E-state index contributed by atoms with van der Waals surface area (Å²) < 4.78 is 5.41. The van der Waals surface area contributed by atoms with Crippen molar-refractivity contribution in [3.8, 4) is 11.8 Å². The molecule has 7 heteroatoms. The van der Waals surface area contributed by atoms with Crippen LogP contribution < -0.4 is 4.74 Å². The summed E-state index contributed by atoms with van der Waals surface area (Å²) in [7, 11) is 0. The molecule has 2 aromatic heterocycles. The molecule has 1 N–H and O–H groups in total. The van der Waals surface area contributed by atoms with Crippen LogP contribution in [0.3, 0.4) is 0 Å². The van der Waals surface area contributed by atoms with Crippen molar-refractivity contribution in [2.24, 2.45) is 0 Å². The molecule has 2 aromatic rings. The van der Waals surface area contributed by atoms with Gasteiger partial charge in [-0.3, -0.25) is 0 Å². The summed E-state index contributed by atoms with van der Waals surface area (Å²) in [6, 6.07) is 5.07. The van der Waals surface area contributed by atoms with E-state index in [1.165, 1.54) is 12.4 Å². The van der Waals surface area contributed by atoms with E-state index >= 15 is 0 Å². The largest absolute Gasteiger partial charge is 0.450 e. The maximum absolute atomic E-state index is 9.25. The summed E-state index contributed by atoms with van der Waals surface area (Å²) in [5.74, 6) is 0.755. The van der Waals surface area contributed by atoms with Gasteiger partial charge in [0.15, 0.2) is 0 Å². The van der Waals surface area contributed by atoms with Crippen molar-refractivity contribution in [2.45, 2.75) is 13.1 Å². The van der Waals surface area contributed by atoms with E-state index in [0.29, 0.717) is 23.2 Å². The highest BCUT2D eigenvalue weighted by molar-refractivity contribution is 6.48. The Kier molecular flexibility index (Phi) is 4.12. The predicted octanol–water partition coefficient (Wildman–Crippen LogP) is 2.01. The van der Waals surface area contributed by atoms with E-state index in [2.05, 4.69) is 15.0 Å². The monoisotopic (exact) mass is 263 g/mol. The topological polar surface area (TPSA) is 68.1 Å². The highest BCUT2D eigenvalue weighted by Crippen LogP contribution is 2.18. The fraction of sp³-hybridized carbons (Fsp3) is 0.182. The molecule has 0 saturated carbocycles. The first kappa shape index (κ1) is 12.8. The minimum absolute atomic E-state index is 0.311. The molecule has 0 aromatic carbocycles. The molecule has 0 amide bonds. The van der Waals surface area contributed by atoms with Gasteiger partial charge in [0, 0.05) is 18.3 Å². The second-order valence-corrected chi connectivity index (χ2v) is 4.23. The maximum Gasteiger partial charge on any atom is 0.290 e. The molecule has 5 nitrogen and oxygen atoms in total. The molecular weight excluding hydrogens is 252 g/mol. The van der Waals surface area contributed by atoms with Crippen molar-refractivity contribution in [3.05, 3.63) is 41.4 Å². The molecule has 0 aliphatic rings. The number of aromatic nitrogens is 3. The Hall–Kier alpha value is -1.66. The number of pyridine rings is 1. The second-order valence-electron chi connectivity index (χ2n) is 3.84. The van der Waals surface area contributed by atoms with Crippen molar-refractivity contribution in [1.29, 1.82) is 0 Å². The van der Waals surface area contributed by atoms with Crippen LogP contribution in [0.5, 0.6) is 11.8 Å². The third-order valence-electron chi connectivity index (χ3n) is 2.15. The van der Waals surface area contributed by atoms with Gasteiger partial charge in [0.05, 0.1) is 0 Å². The minimum atomic E-state index is -0.390. The zero-order chi connectivity index (χ0) is 13.0. The van der Waals surface area contributed by atoms with E-state index in [4.69, 9.17) is 16.3 Å². The van der Waals surface area contributed by atoms with Gasteiger partial charge in [0.1, 0.15) is 11.5 Å². The molecule has 0 fully saturated rings. The number of ether oxygens (including phenoxy) is 1. The van der Waals surface area contributed by atoms with Gasteiger partial charge in [-0.25, -0.2) is 15.0 Å². The molecule has 2 heterocycles. The smallest absolute Gasteiger partial charge is 0.290 e. The third kappa shape index (κ3) is 3.68. The van der Waals surface area contributed by atoms with Gasteiger partial charge in [-0.1, -0.05) is 24.5 Å². The van der Waals surface area contributed by atoms with E-state index in [-0.39, 0.29) is 6.92 Å². The van der Waals surface area contributed by atoms with Gasteiger partial charge in [0.2, 0.25) is 11.8 Å². The van der Waals surface area contributed by atoms with Crippen LogP contribution in [0.4, 0.5) is 0 Å². The fourth-order valence-corrected chi connectivity index (χ4v) is 1.55. The molecule has 0 saturated heterocycles. The highest BCUT2D eigenvalue weighted by atomic mass is 35.5. The van der Waals surface area contributed by atoms with Gasteiger partial charge in [0.25, 0.3) is 6.92 Å². The van der Waals surface area contributed by atoms with E-state index in [1.54, 1.807) is 19.1 Å². The van der Waals surface area contributed by atoms with Gasteiger partial charge < -0.3 is 9.76 Å². The first-order valence-electron chi connectivity index (χ1n) is 5.42. The average molecular weight is 263 g/mol. The van der Waals surface area contributed by atoms with Crippen molar-refractivity contribution in [2.75, 3.05) is 0 Å². The predicted molar refractivity (Wildman–Crippen MR) is 68.9 cm³/mol. The highest BCUT2D eigenvalue weighted by Gasteiger charge is 2.06. The van der Waals surface area contributed by atoms with E-state index in [1.807, 2.05) is 6.07 Å². The Labute approximate surface area is 110 Å². The minimum Gasteiger partial charge on any atom is -0.450 e. The van der Waals surface area contributed by atoms with Gasteiger partial charge in [-0.05, 0) is 11.9 Å². The number of hydrogen-bond acceptors (Lipinski definition) is 5. The van der Waals surface area contributed by atoms with Crippen LogP contribution in [-0.4, -0.2) is 26.9 Å². The second kappa shape index (κ2) is 5.79. The molecule has 0 unspecified atom stereocenters. The van der Waals surface area contributed by atoms with Gasteiger partial charge >= 0.3 is 0 Å². The number of nitrogens with zero attached hydrogens (tertiary/aromatic N) is 3. The van der Waals surface area contributed by atoms with Crippen LogP contribution in [-0.2, 0) is 6.32 Å². The average Bonchev–Trinajstić information content (AvgIpc) is 2.31. The summed E-state index contributed by atoms with van der Waals surface area (Å²) in [4.78, 5) is 11.8. The quantitative estimate of drug-likeness (QED) is 0.675.